The lowest BCUT2D eigenvalue weighted by atomic mass is 10.1. The van der Waals surface area contributed by atoms with Gasteiger partial charge in [-0.05, 0) is 5.92 Å². The van der Waals surface area contributed by atoms with Crippen molar-refractivity contribution in [3.05, 3.63) is 0 Å². The Hall–Kier alpha value is -0.570. The topological polar surface area (TPSA) is 55.1 Å². The molecule has 0 aliphatic heterocycles. The van der Waals surface area contributed by atoms with Gasteiger partial charge in [-0.3, -0.25) is 4.79 Å². The second kappa shape index (κ2) is 3.45. The van der Waals surface area contributed by atoms with Crippen LogP contribution in [0, 0.1) is 5.92 Å². The molecule has 0 aromatic rings. The SMILES string of the molecule is CNC(=O)[C@H](N)C(C)C. The quantitative estimate of drug-likeness (QED) is 0.540. The van der Waals surface area contributed by atoms with Crippen molar-refractivity contribution in [2.45, 2.75) is 19.9 Å². The van der Waals surface area contributed by atoms with Crippen molar-refractivity contribution < 1.29 is 4.79 Å². The molecule has 0 bridgehead atoms. The summed E-state index contributed by atoms with van der Waals surface area (Å²) >= 11 is 0. The maximum Gasteiger partial charge on any atom is 0.236 e. The van der Waals surface area contributed by atoms with Gasteiger partial charge in [0.2, 0.25) is 5.91 Å². The number of amides is 1. The van der Waals surface area contributed by atoms with Crippen LogP contribution >= 0.6 is 0 Å². The van der Waals surface area contributed by atoms with Crippen molar-refractivity contribution in [2.75, 3.05) is 7.05 Å². The van der Waals surface area contributed by atoms with Crippen LogP contribution in [0.4, 0.5) is 0 Å². The van der Waals surface area contributed by atoms with Crippen molar-refractivity contribution in [1.82, 2.24) is 5.32 Å². The fourth-order valence-electron chi connectivity index (χ4n) is 0.469. The van der Waals surface area contributed by atoms with E-state index in [0.29, 0.717) is 0 Å². The van der Waals surface area contributed by atoms with Crippen molar-refractivity contribution in [3.63, 3.8) is 0 Å². The molecule has 0 unspecified atom stereocenters. The van der Waals surface area contributed by atoms with E-state index in [-0.39, 0.29) is 17.9 Å². The highest BCUT2D eigenvalue weighted by atomic mass is 16.2. The van der Waals surface area contributed by atoms with Crippen LogP contribution in [0.1, 0.15) is 13.8 Å². The Morgan fingerprint density at radius 1 is 1.56 bits per heavy atom. The molecule has 0 saturated heterocycles. The number of hydrogen-bond donors (Lipinski definition) is 2. The van der Waals surface area contributed by atoms with Gasteiger partial charge in [-0.2, -0.15) is 0 Å². The summed E-state index contributed by atoms with van der Waals surface area (Å²) in [5.41, 5.74) is 5.46. The Balaban J connectivity index is 3.72. The van der Waals surface area contributed by atoms with E-state index in [0.717, 1.165) is 0 Å². The number of nitrogens with one attached hydrogen (secondary N) is 1. The van der Waals surface area contributed by atoms with E-state index in [9.17, 15) is 4.79 Å². The average molecular weight is 130 g/mol. The van der Waals surface area contributed by atoms with Gasteiger partial charge in [0.15, 0.2) is 0 Å². The van der Waals surface area contributed by atoms with E-state index in [4.69, 9.17) is 5.73 Å². The molecule has 3 N–H and O–H groups in total. The second-order valence-electron chi connectivity index (χ2n) is 2.38. The van der Waals surface area contributed by atoms with E-state index < -0.39 is 0 Å². The third kappa shape index (κ3) is 2.46. The van der Waals surface area contributed by atoms with Crippen molar-refractivity contribution in [3.8, 4) is 0 Å². The van der Waals surface area contributed by atoms with Gasteiger partial charge in [0.1, 0.15) is 0 Å². The molecule has 54 valence electrons. The van der Waals surface area contributed by atoms with Crippen LogP contribution in [0.2, 0.25) is 0 Å². The lowest BCUT2D eigenvalue weighted by Gasteiger charge is -2.12. The molecule has 0 rings (SSSR count). The number of rotatable bonds is 2. The molecule has 0 saturated carbocycles. The first-order chi connectivity index (χ1) is 4.09. The molecule has 0 spiro atoms. The fourth-order valence-corrected chi connectivity index (χ4v) is 0.469. The Morgan fingerprint density at radius 3 is 2.11 bits per heavy atom. The zero-order chi connectivity index (χ0) is 7.44. The van der Waals surface area contributed by atoms with E-state index in [1.54, 1.807) is 7.05 Å². The van der Waals surface area contributed by atoms with Crippen LogP contribution in [0.15, 0.2) is 0 Å². The molecule has 9 heavy (non-hydrogen) atoms. The Kier molecular flexibility index (Phi) is 3.24. The minimum atomic E-state index is -0.366. The van der Waals surface area contributed by atoms with E-state index >= 15 is 0 Å². The summed E-state index contributed by atoms with van der Waals surface area (Å²) < 4.78 is 0. The molecule has 0 aliphatic rings. The third-order valence-electron chi connectivity index (χ3n) is 1.27. The van der Waals surface area contributed by atoms with Gasteiger partial charge in [-0.1, -0.05) is 13.8 Å². The van der Waals surface area contributed by atoms with Gasteiger partial charge in [0.25, 0.3) is 0 Å². The predicted octanol–water partition coefficient (Wildman–Crippen LogP) is -0.284. The maximum atomic E-state index is 10.7. The summed E-state index contributed by atoms with van der Waals surface area (Å²) in [5.74, 6) is 0.120. The molecule has 3 nitrogen and oxygen atoms in total. The maximum absolute atomic E-state index is 10.7. The summed E-state index contributed by atoms with van der Waals surface area (Å²) in [6, 6.07) is -0.366. The zero-order valence-corrected chi connectivity index (χ0v) is 6.14. The van der Waals surface area contributed by atoms with Crippen molar-refractivity contribution >= 4 is 5.91 Å². The molecule has 0 fully saturated rings. The minimum Gasteiger partial charge on any atom is -0.358 e. The highest BCUT2D eigenvalue weighted by molar-refractivity contribution is 5.81. The van der Waals surface area contributed by atoms with Crippen LogP contribution in [0.3, 0.4) is 0 Å². The molecule has 0 aromatic carbocycles. The molecule has 1 amide bonds. The van der Waals surface area contributed by atoms with Crippen LogP contribution in [-0.2, 0) is 4.79 Å². The Bertz CT molecular complexity index is 101. The molecule has 1 atom stereocenters. The number of likely N-dealkylation sites (N-methyl/N-ethyl adjacent to an activating group) is 1. The second-order valence-corrected chi connectivity index (χ2v) is 2.38. The van der Waals surface area contributed by atoms with Gasteiger partial charge in [-0.25, -0.2) is 0 Å². The smallest absolute Gasteiger partial charge is 0.236 e. The molecular weight excluding hydrogens is 116 g/mol. The molecule has 0 radical (unpaired) electrons. The molecule has 3 heteroatoms. The van der Waals surface area contributed by atoms with Crippen LogP contribution in [0.25, 0.3) is 0 Å². The monoisotopic (exact) mass is 130 g/mol. The first-order valence-electron chi connectivity index (χ1n) is 3.06. The van der Waals surface area contributed by atoms with Crippen LogP contribution in [-0.4, -0.2) is 19.0 Å². The van der Waals surface area contributed by atoms with E-state index in [1.807, 2.05) is 13.8 Å². The number of carbonyl (C=O) groups excluding carboxylic acids is 1. The Morgan fingerprint density at radius 2 is 2.00 bits per heavy atom. The molecule has 0 heterocycles. The molecule has 0 aromatic heterocycles. The van der Waals surface area contributed by atoms with Crippen LogP contribution < -0.4 is 11.1 Å². The standard InChI is InChI=1S/C6H14N2O/c1-4(2)5(7)6(9)8-3/h4-5H,7H2,1-3H3,(H,8,9)/t5-/m1/s1. The summed E-state index contributed by atoms with van der Waals surface area (Å²) in [7, 11) is 1.59. The third-order valence-corrected chi connectivity index (χ3v) is 1.27. The summed E-state index contributed by atoms with van der Waals surface area (Å²) in [4.78, 5) is 10.7. The lowest BCUT2D eigenvalue weighted by Crippen LogP contribution is -2.42. The molecular formula is C6H14N2O. The first kappa shape index (κ1) is 8.43. The molecule has 0 aliphatic carbocycles. The van der Waals surface area contributed by atoms with E-state index in [2.05, 4.69) is 5.32 Å². The predicted molar refractivity (Wildman–Crippen MR) is 36.9 cm³/mol. The highest BCUT2D eigenvalue weighted by Crippen LogP contribution is 1.96. The summed E-state index contributed by atoms with van der Waals surface area (Å²) in [6.07, 6.45) is 0. The fraction of sp³-hybridized carbons (Fsp3) is 0.833. The van der Waals surface area contributed by atoms with Crippen LogP contribution in [0.5, 0.6) is 0 Å². The average Bonchev–Trinajstić information content (AvgIpc) is 1.84. The van der Waals surface area contributed by atoms with Crippen molar-refractivity contribution in [1.29, 1.82) is 0 Å². The highest BCUT2D eigenvalue weighted by Gasteiger charge is 2.14. The van der Waals surface area contributed by atoms with Gasteiger partial charge in [0.05, 0.1) is 6.04 Å². The normalized spacial score (nSPS) is 13.4. The van der Waals surface area contributed by atoms with Gasteiger partial charge in [-0.15, -0.1) is 0 Å². The number of hydrogen-bond acceptors (Lipinski definition) is 2. The van der Waals surface area contributed by atoms with E-state index in [1.165, 1.54) is 0 Å². The Labute approximate surface area is 55.6 Å². The van der Waals surface area contributed by atoms with Crippen molar-refractivity contribution in [2.24, 2.45) is 11.7 Å². The number of nitrogens with two attached hydrogens (primary N) is 1. The summed E-state index contributed by atoms with van der Waals surface area (Å²) in [6.45, 7) is 3.83. The largest absolute Gasteiger partial charge is 0.358 e. The van der Waals surface area contributed by atoms with Gasteiger partial charge >= 0.3 is 0 Å². The zero-order valence-electron chi connectivity index (χ0n) is 6.14. The minimum absolute atomic E-state index is 0.0926. The lowest BCUT2D eigenvalue weighted by molar-refractivity contribution is -0.122. The first-order valence-corrected chi connectivity index (χ1v) is 3.06. The van der Waals surface area contributed by atoms with Gasteiger partial charge in [0, 0.05) is 7.05 Å². The summed E-state index contributed by atoms with van der Waals surface area (Å²) in [5, 5.41) is 2.48. The van der Waals surface area contributed by atoms with Gasteiger partial charge < -0.3 is 11.1 Å². The number of carbonyl (C=O) groups is 1.